The average molecular weight is 368 g/mol. The van der Waals surface area contributed by atoms with Gasteiger partial charge in [-0.3, -0.25) is 10.0 Å². The molecular formula is C20H20N2O5. The normalized spacial score (nSPS) is 10.5. The molecule has 1 aromatic heterocycles. The Labute approximate surface area is 156 Å². The molecule has 7 heteroatoms. The standard InChI is InChI=1S/C20H20N2O5/c1-11(13-8-17(25-2)19(27-4)18(9-13)26-3)12-5-6-16-14(7-12)15(10-21-16)20(23)22-24/h5-10,21,24H,1H2,2-4H3,(H,22,23). The first-order valence-corrected chi connectivity index (χ1v) is 8.09. The summed E-state index contributed by atoms with van der Waals surface area (Å²) in [4.78, 5) is 14.8. The molecule has 0 saturated heterocycles. The number of methoxy groups -OCH3 is 3. The van der Waals surface area contributed by atoms with Gasteiger partial charge in [0, 0.05) is 17.1 Å². The Morgan fingerprint density at radius 2 is 1.70 bits per heavy atom. The van der Waals surface area contributed by atoms with Crippen molar-refractivity contribution in [2.24, 2.45) is 0 Å². The van der Waals surface area contributed by atoms with Gasteiger partial charge in [-0.25, -0.2) is 5.48 Å². The number of H-pyrrole nitrogens is 1. The van der Waals surface area contributed by atoms with E-state index in [1.165, 1.54) is 0 Å². The average Bonchev–Trinajstić information content (AvgIpc) is 3.14. The number of benzene rings is 2. The molecule has 0 fully saturated rings. The number of rotatable bonds is 6. The van der Waals surface area contributed by atoms with E-state index < -0.39 is 5.91 Å². The van der Waals surface area contributed by atoms with Gasteiger partial charge in [-0.15, -0.1) is 0 Å². The van der Waals surface area contributed by atoms with Crippen LogP contribution in [0.15, 0.2) is 43.1 Å². The molecule has 2 aromatic carbocycles. The molecule has 0 aliphatic carbocycles. The van der Waals surface area contributed by atoms with Gasteiger partial charge < -0.3 is 19.2 Å². The van der Waals surface area contributed by atoms with E-state index in [0.29, 0.717) is 33.8 Å². The molecular weight excluding hydrogens is 348 g/mol. The molecule has 3 rings (SSSR count). The first-order chi connectivity index (χ1) is 13.0. The molecule has 0 atom stereocenters. The number of hydrogen-bond acceptors (Lipinski definition) is 5. The van der Waals surface area contributed by atoms with Gasteiger partial charge in [0.1, 0.15) is 0 Å². The van der Waals surface area contributed by atoms with E-state index in [0.717, 1.165) is 16.6 Å². The van der Waals surface area contributed by atoms with Crippen molar-refractivity contribution < 1.29 is 24.2 Å². The van der Waals surface area contributed by atoms with Crippen molar-refractivity contribution in [2.75, 3.05) is 21.3 Å². The maximum Gasteiger partial charge on any atom is 0.276 e. The molecule has 0 bridgehead atoms. The summed E-state index contributed by atoms with van der Waals surface area (Å²) in [6.45, 7) is 4.18. The predicted octanol–water partition coefficient (Wildman–Crippen LogP) is 3.37. The van der Waals surface area contributed by atoms with Gasteiger partial charge >= 0.3 is 0 Å². The van der Waals surface area contributed by atoms with E-state index in [1.807, 2.05) is 30.3 Å². The maximum absolute atomic E-state index is 11.8. The van der Waals surface area contributed by atoms with Crippen LogP contribution in [0.4, 0.5) is 0 Å². The van der Waals surface area contributed by atoms with Crippen molar-refractivity contribution in [3.8, 4) is 17.2 Å². The molecule has 7 nitrogen and oxygen atoms in total. The third kappa shape index (κ3) is 3.20. The van der Waals surface area contributed by atoms with Gasteiger partial charge in [0.25, 0.3) is 5.91 Å². The molecule has 0 radical (unpaired) electrons. The Morgan fingerprint density at radius 3 is 2.26 bits per heavy atom. The zero-order chi connectivity index (χ0) is 19.6. The zero-order valence-corrected chi connectivity index (χ0v) is 15.3. The van der Waals surface area contributed by atoms with Gasteiger partial charge in [0.15, 0.2) is 11.5 Å². The summed E-state index contributed by atoms with van der Waals surface area (Å²) in [5, 5.41) is 9.59. The highest BCUT2D eigenvalue weighted by Gasteiger charge is 2.17. The number of fused-ring (bicyclic) bond motifs is 1. The number of ether oxygens (including phenoxy) is 3. The summed E-state index contributed by atoms with van der Waals surface area (Å²) < 4.78 is 16.1. The monoisotopic (exact) mass is 368 g/mol. The van der Waals surface area contributed by atoms with Crippen LogP contribution in [0.1, 0.15) is 21.5 Å². The van der Waals surface area contributed by atoms with Gasteiger partial charge in [0.05, 0.1) is 26.9 Å². The molecule has 1 heterocycles. The highest BCUT2D eigenvalue weighted by atomic mass is 16.5. The van der Waals surface area contributed by atoms with Crippen LogP contribution < -0.4 is 19.7 Å². The van der Waals surface area contributed by atoms with Crippen molar-refractivity contribution in [3.63, 3.8) is 0 Å². The van der Waals surface area contributed by atoms with E-state index in [9.17, 15) is 4.79 Å². The molecule has 3 N–H and O–H groups in total. The number of amides is 1. The summed E-state index contributed by atoms with van der Waals surface area (Å²) in [7, 11) is 4.65. The van der Waals surface area contributed by atoms with Crippen LogP contribution in [0.25, 0.3) is 16.5 Å². The summed E-state index contributed by atoms with van der Waals surface area (Å²) >= 11 is 0. The fourth-order valence-electron chi connectivity index (χ4n) is 2.98. The number of hydroxylamine groups is 1. The number of aromatic nitrogens is 1. The number of carbonyl (C=O) groups is 1. The molecule has 27 heavy (non-hydrogen) atoms. The van der Waals surface area contributed by atoms with Crippen LogP contribution >= 0.6 is 0 Å². The minimum Gasteiger partial charge on any atom is -0.493 e. The molecule has 1 amide bonds. The van der Waals surface area contributed by atoms with Crippen LogP contribution in [0.3, 0.4) is 0 Å². The van der Waals surface area contributed by atoms with E-state index in [1.54, 1.807) is 33.0 Å². The Balaban J connectivity index is 2.09. The van der Waals surface area contributed by atoms with E-state index in [4.69, 9.17) is 19.4 Å². The predicted molar refractivity (Wildman–Crippen MR) is 102 cm³/mol. The van der Waals surface area contributed by atoms with Crippen molar-refractivity contribution in [1.82, 2.24) is 10.5 Å². The van der Waals surface area contributed by atoms with Gasteiger partial charge in [-0.2, -0.15) is 0 Å². The molecule has 0 spiro atoms. The molecule has 0 aliphatic heterocycles. The lowest BCUT2D eigenvalue weighted by Crippen LogP contribution is -2.18. The lowest BCUT2D eigenvalue weighted by Gasteiger charge is -2.15. The third-order valence-electron chi connectivity index (χ3n) is 4.39. The summed E-state index contributed by atoms with van der Waals surface area (Å²) in [5.41, 5.74) is 5.08. The number of hydrogen-bond donors (Lipinski definition) is 3. The van der Waals surface area contributed by atoms with Crippen LogP contribution in [0, 0.1) is 0 Å². The number of nitrogens with one attached hydrogen (secondary N) is 2. The van der Waals surface area contributed by atoms with Gasteiger partial charge in [-0.1, -0.05) is 12.6 Å². The minimum atomic E-state index is -0.586. The van der Waals surface area contributed by atoms with E-state index in [-0.39, 0.29) is 0 Å². The Kier molecular flexibility index (Phi) is 5.05. The van der Waals surface area contributed by atoms with Crippen LogP contribution in [0.2, 0.25) is 0 Å². The Bertz CT molecular complexity index is 997. The minimum absolute atomic E-state index is 0.340. The fourth-order valence-corrected chi connectivity index (χ4v) is 2.98. The Hall–Kier alpha value is -3.45. The second kappa shape index (κ2) is 7.43. The third-order valence-corrected chi connectivity index (χ3v) is 4.39. The fraction of sp³-hybridized carbons (Fsp3) is 0.150. The smallest absolute Gasteiger partial charge is 0.276 e. The first-order valence-electron chi connectivity index (χ1n) is 8.09. The summed E-state index contributed by atoms with van der Waals surface area (Å²) in [6.07, 6.45) is 1.54. The lowest BCUT2D eigenvalue weighted by molar-refractivity contribution is 0.0708. The molecule has 0 unspecified atom stereocenters. The van der Waals surface area contributed by atoms with E-state index in [2.05, 4.69) is 11.6 Å². The second-order valence-electron chi connectivity index (χ2n) is 5.80. The molecule has 0 aliphatic rings. The first kappa shape index (κ1) is 18.3. The van der Waals surface area contributed by atoms with Crippen molar-refractivity contribution in [3.05, 3.63) is 59.8 Å². The molecule has 3 aromatic rings. The van der Waals surface area contributed by atoms with Crippen LogP contribution in [-0.2, 0) is 0 Å². The Morgan fingerprint density at radius 1 is 1.04 bits per heavy atom. The van der Waals surface area contributed by atoms with Crippen molar-refractivity contribution in [2.45, 2.75) is 0 Å². The van der Waals surface area contributed by atoms with Crippen molar-refractivity contribution in [1.29, 1.82) is 0 Å². The number of carbonyl (C=O) groups excluding carboxylic acids is 1. The quantitative estimate of drug-likeness (QED) is 0.458. The van der Waals surface area contributed by atoms with Gasteiger partial charge in [-0.05, 0) is 41.0 Å². The maximum atomic E-state index is 11.8. The lowest BCUT2D eigenvalue weighted by atomic mass is 9.97. The zero-order valence-electron chi connectivity index (χ0n) is 15.3. The second-order valence-corrected chi connectivity index (χ2v) is 5.80. The molecule has 140 valence electrons. The van der Waals surface area contributed by atoms with E-state index >= 15 is 0 Å². The topological polar surface area (TPSA) is 92.8 Å². The largest absolute Gasteiger partial charge is 0.493 e. The summed E-state index contributed by atoms with van der Waals surface area (Å²) in [6, 6.07) is 9.20. The van der Waals surface area contributed by atoms with Crippen molar-refractivity contribution >= 4 is 22.4 Å². The van der Waals surface area contributed by atoms with Crippen LogP contribution in [0.5, 0.6) is 17.2 Å². The highest BCUT2D eigenvalue weighted by molar-refractivity contribution is 6.07. The van der Waals surface area contributed by atoms with Crippen LogP contribution in [-0.4, -0.2) is 37.4 Å². The summed E-state index contributed by atoms with van der Waals surface area (Å²) in [5.74, 6) is 0.962. The highest BCUT2D eigenvalue weighted by Crippen LogP contribution is 2.41. The van der Waals surface area contributed by atoms with Gasteiger partial charge in [0.2, 0.25) is 5.75 Å². The SMILES string of the molecule is C=C(c1cc(OC)c(OC)c(OC)c1)c1ccc2[nH]cc(C(=O)NO)c2c1. The number of aromatic amines is 1. The molecule has 0 saturated carbocycles.